The quantitative estimate of drug-likeness (QED) is 0.234. The number of fused-ring (bicyclic) bond motifs is 1. The Morgan fingerprint density at radius 1 is 1.14 bits per heavy atom. The van der Waals surface area contributed by atoms with Crippen LogP contribution in [0.1, 0.15) is 79.7 Å². The molecular weight excluding hydrogens is 745 g/mol. The summed E-state index contributed by atoms with van der Waals surface area (Å²) in [6.07, 6.45) is -5.08. The number of pyridine rings is 1. The predicted octanol–water partition coefficient (Wildman–Crippen LogP) is 2.33. The Hall–Kier alpha value is -4.41. The highest BCUT2D eigenvalue weighted by molar-refractivity contribution is 6.07. The van der Waals surface area contributed by atoms with Gasteiger partial charge in [-0.05, 0) is 78.4 Å². The van der Waals surface area contributed by atoms with E-state index in [0.29, 0.717) is 23.5 Å². The average Bonchev–Trinajstić information content (AvgIpc) is 3.73. The van der Waals surface area contributed by atoms with Crippen molar-refractivity contribution in [1.29, 1.82) is 0 Å². The molecule has 0 bridgehead atoms. The Balaban J connectivity index is 1.53. The van der Waals surface area contributed by atoms with Gasteiger partial charge in [-0.15, -0.1) is 10.2 Å². The molecule has 17 nitrogen and oxygen atoms in total. The summed E-state index contributed by atoms with van der Waals surface area (Å²) in [6, 6.07) is 2.03. The van der Waals surface area contributed by atoms with Gasteiger partial charge in [0.1, 0.15) is 30.3 Å². The first-order chi connectivity index (χ1) is 26.7. The Kier molecular flexibility index (Phi) is 13.2. The molecule has 3 fully saturated rings. The van der Waals surface area contributed by atoms with Crippen molar-refractivity contribution in [2.45, 2.75) is 134 Å². The number of nitrogens with one attached hydrogen (secondary N) is 1. The number of hydrogen-bond acceptors (Lipinski definition) is 15. The summed E-state index contributed by atoms with van der Waals surface area (Å²) in [5, 5.41) is 26.1. The van der Waals surface area contributed by atoms with E-state index < -0.39 is 89.7 Å². The third-order valence-electron chi connectivity index (χ3n) is 11.4. The van der Waals surface area contributed by atoms with E-state index in [4.69, 9.17) is 23.7 Å². The van der Waals surface area contributed by atoms with Crippen LogP contribution < -0.4 is 5.32 Å². The number of tetrazole rings is 1. The lowest BCUT2D eigenvalue weighted by Gasteiger charge is -2.46. The number of esters is 1. The van der Waals surface area contributed by atoms with Crippen LogP contribution in [0, 0.1) is 23.7 Å². The summed E-state index contributed by atoms with van der Waals surface area (Å²) in [4.78, 5) is 62.1. The van der Waals surface area contributed by atoms with Crippen LogP contribution in [0.3, 0.4) is 0 Å². The molecule has 0 aromatic carbocycles. The van der Waals surface area contributed by atoms with Gasteiger partial charge in [-0.25, -0.2) is 14.0 Å². The molecule has 0 spiro atoms. The van der Waals surface area contributed by atoms with Crippen LogP contribution in [-0.4, -0.2) is 139 Å². The largest absolute Gasteiger partial charge is 0.455 e. The fourth-order valence-electron chi connectivity index (χ4n) is 7.93. The second-order valence-electron chi connectivity index (χ2n) is 16.1. The van der Waals surface area contributed by atoms with E-state index in [9.17, 15) is 24.3 Å². The zero-order valence-electron chi connectivity index (χ0n) is 34.1. The highest BCUT2D eigenvalue weighted by Gasteiger charge is 2.58. The van der Waals surface area contributed by atoms with Crippen molar-refractivity contribution in [2.75, 3.05) is 20.7 Å². The van der Waals surface area contributed by atoms with E-state index >= 15 is 4.39 Å². The average molecular weight is 800 g/mol. The maximum absolute atomic E-state index is 16.6. The summed E-state index contributed by atoms with van der Waals surface area (Å²) in [7, 11) is 5.24. The summed E-state index contributed by atoms with van der Waals surface area (Å²) >= 11 is 0. The number of ether oxygens (including phenoxy) is 5. The van der Waals surface area contributed by atoms with Gasteiger partial charge in [0.25, 0.3) is 5.67 Å². The first-order valence-electron chi connectivity index (χ1n) is 19.1. The molecule has 2 aromatic rings. The van der Waals surface area contributed by atoms with Crippen LogP contribution in [0.4, 0.5) is 9.18 Å². The molecule has 3 aliphatic heterocycles. The molecular formula is C39H54FN7O10. The lowest BCUT2D eigenvalue weighted by atomic mass is 9.75. The van der Waals surface area contributed by atoms with Gasteiger partial charge in [-0.1, -0.05) is 32.6 Å². The number of rotatable bonds is 7. The van der Waals surface area contributed by atoms with Crippen molar-refractivity contribution >= 4 is 23.6 Å². The molecule has 12 atom stereocenters. The van der Waals surface area contributed by atoms with E-state index in [0.717, 1.165) is 6.92 Å². The molecule has 2 aromatic heterocycles. The number of aryl methyl sites for hydroxylation is 1. The number of cyclic esters (lactones) is 1. The van der Waals surface area contributed by atoms with Gasteiger partial charge >= 0.3 is 12.1 Å². The number of ketones is 2. The lowest BCUT2D eigenvalue weighted by Crippen LogP contribution is -2.60. The number of aromatic nitrogens is 5. The first-order valence-corrected chi connectivity index (χ1v) is 19.1. The maximum atomic E-state index is 16.6. The Morgan fingerprint density at radius 2 is 1.86 bits per heavy atom. The summed E-state index contributed by atoms with van der Waals surface area (Å²) < 4.78 is 46.9. The van der Waals surface area contributed by atoms with E-state index in [1.165, 1.54) is 17.9 Å². The van der Waals surface area contributed by atoms with E-state index in [1.54, 1.807) is 61.0 Å². The molecule has 0 saturated carbocycles. The fourth-order valence-corrected chi connectivity index (χ4v) is 7.93. The minimum atomic E-state index is -3.19. The molecule has 18 heteroatoms. The number of carbonyl (C=O) groups excluding carboxylic acids is 4. The van der Waals surface area contributed by atoms with Crippen LogP contribution in [0.15, 0.2) is 18.3 Å². The highest BCUT2D eigenvalue weighted by atomic mass is 19.1. The molecule has 5 heterocycles. The number of carbonyl (C=O) groups is 4. The molecule has 3 aliphatic rings. The number of alkyl carbamates (subject to hydrolysis) is 1. The zero-order chi connectivity index (χ0) is 42.0. The topological polar surface area (TPSA) is 206 Å². The maximum Gasteiger partial charge on any atom is 0.408 e. The fraction of sp³-hybridized carbons (Fsp3) is 0.692. The van der Waals surface area contributed by atoms with Gasteiger partial charge < -0.3 is 39.0 Å². The van der Waals surface area contributed by atoms with Crippen molar-refractivity contribution in [3.05, 3.63) is 23.9 Å². The minimum absolute atomic E-state index is 0.0778. The van der Waals surface area contributed by atoms with Gasteiger partial charge in [0.2, 0.25) is 5.82 Å². The molecule has 0 aliphatic carbocycles. The zero-order valence-corrected chi connectivity index (χ0v) is 34.1. The molecule has 312 valence electrons. The van der Waals surface area contributed by atoms with Crippen LogP contribution in [0.25, 0.3) is 11.5 Å². The van der Waals surface area contributed by atoms with Crippen LogP contribution in [0.5, 0.6) is 0 Å². The van der Waals surface area contributed by atoms with Crippen molar-refractivity contribution in [3.8, 4) is 23.4 Å². The normalized spacial score (nSPS) is 36.7. The van der Waals surface area contributed by atoms with Crippen molar-refractivity contribution < 1.29 is 52.4 Å². The molecule has 3 saturated heterocycles. The second-order valence-corrected chi connectivity index (χ2v) is 16.1. The minimum Gasteiger partial charge on any atom is -0.455 e. The molecule has 2 N–H and O–H groups in total. The number of likely N-dealkylation sites (N-methyl/N-ethyl adjacent to an activating group) is 1. The third kappa shape index (κ3) is 9.33. The second kappa shape index (κ2) is 17.2. The first kappa shape index (κ1) is 43.7. The molecule has 1 amide bonds. The molecule has 5 rings (SSSR count). The number of hydrogen-bond donors (Lipinski definition) is 2. The summed E-state index contributed by atoms with van der Waals surface area (Å²) in [5.41, 5.74) is -5.34. The van der Waals surface area contributed by atoms with Crippen LogP contribution >= 0.6 is 0 Å². The number of halogens is 1. The van der Waals surface area contributed by atoms with Gasteiger partial charge in [-0.2, -0.15) is 4.80 Å². The lowest BCUT2D eigenvalue weighted by molar-refractivity contribution is -0.290. The van der Waals surface area contributed by atoms with Crippen LogP contribution in [0.2, 0.25) is 0 Å². The predicted molar refractivity (Wildman–Crippen MR) is 200 cm³/mol. The number of nitrogens with zero attached hydrogens (tertiary/aromatic N) is 6. The van der Waals surface area contributed by atoms with Gasteiger partial charge in [-0.3, -0.25) is 14.6 Å². The smallest absolute Gasteiger partial charge is 0.408 e. The van der Waals surface area contributed by atoms with Gasteiger partial charge in [0.05, 0.1) is 30.9 Å². The van der Waals surface area contributed by atoms with E-state index in [2.05, 4.69) is 37.6 Å². The number of alkyl halides is 1. The third-order valence-corrected chi connectivity index (χ3v) is 11.4. The molecule has 57 heavy (non-hydrogen) atoms. The van der Waals surface area contributed by atoms with Crippen molar-refractivity contribution in [3.63, 3.8) is 0 Å². The van der Waals surface area contributed by atoms with E-state index in [-0.39, 0.29) is 31.3 Å². The molecule has 0 radical (unpaired) electrons. The SMILES string of the molecule is CC[C@H]1OC(=O)[C@@](C)(F)C(=O)C[C@@H](OC2O[C@H](C)C[C@H](N(C)C)[C@H]2O)[C@@](C)(OCC#Cc2ccc(-c3nnn(C)n3)nc2)C[C@@H](C)C(=O)[C@H](C)[C@H]2NC(=O)O[C@@]21C. The summed E-state index contributed by atoms with van der Waals surface area (Å²) in [5.74, 6) is 1.58. The standard InChI is InChI=1S/C39H54FN7O10/c1-11-28-39(7)32(42-36(52)57-39)23(4)30(49)21(2)19-37(5,53-16-12-13-24-14-15-25(41-20-24)33-43-45-47(10)44-33)29(18-27(48)38(6,40)35(51)56-28)55-34-31(50)26(46(8)9)17-22(3)54-34/h14-15,20-23,26,28-29,31-32,34,50H,11,16-19H2,1-10H3,(H,42,52)/t21-,22-,23+,26+,28-,29-,31-,32-,34?,37+,38+,39-/m1/s1. The Morgan fingerprint density at radius 3 is 2.47 bits per heavy atom. The number of amides is 1. The van der Waals surface area contributed by atoms with E-state index in [1.807, 2.05) is 11.8 Å². The Labute approximate surface area is 331 Å². The summed E-state index contributed by atoms with van der Waals surface area (Å²) in [6.45, 7) is 10.4. The van der Waals surface area contributed by atoms with Gasteiger partial charge in [0.15, 0.2) is 17.7 Å². The number of aliphatic hydroxyl groups excluding tert-OH is 1. The van der Waals surface area contributed by atoms with Crippen LogP contribution in [-0.2, 0) is 45.1 Å². The van der Waals surface area contributed by atoms with Crippen molar-refractivity contribution in [1.82, 2.24) is 35.4 Å². The number of Topliss-reactive ketones (excluding diaryl/α,β-unsaturated/α-hetero) is 2. The Bertz CT molecular complexity index is 1860. The monoisotopic (exact) mass is 799 g/mol. The van der Waals surface area contributed by atoms with Gasteiger partial charge in [0, 0.05) is 36.1 Å². The highest BCUT2D eigenvalue weighted by Crippen LogP contribution is 2.40. The molecule has 1 unspecified atom stereocenters. The number of aliphatic hydroxyl groups is 1. The van der Waals surface area contributed by atoms with Crippen molar-refractivity contribution in [2.24, 2.45) is 18.9 Å².